The second kappa shape index (κ2) is 7.30. The van der Waals surface area contributed by atoms with Gasteiger partial charge in [-0.25, -0.2) is 0 Å². The number of ether oxygens (including phenoxy) is 1. The number of nitro groups is 1. The molecule has 23 heavy (non-hydrogen) atoms. The van der Waals surface area contributed by atoms with E-state index in [2.05, 4.69) is 5.32 Å². The maximum atomic E-state index is 11.9. The topological polar surface area (TPSA) is 81.5 Å². The second-order valence-electron chi connectivity index (χ2n) is 4.67. The Balaban J connectivity index is 2.00. The molecule has 0 spiro atoms. The molecule has 0 aliphatic rings. The number of carbonyl (C=O) groups excluding carboxylic acids is 1. The minimum Gasteiger partial charge on any atom is -0.482 e. The van der Waals surface area contributed by atoms with Crippen LogP contribution in [0.1, 0.15) is 5.56 Å². The Morgan fingerprint density at radius 2 is 2.00 bits per heavy atom. The van der Waals surface area contributed by atoms with Gasteiger partial charge in [-0.1, -0.05) is 29.3 Å². The molecule has 120 valence electrons. The molecule has 6 nitrogen and oxygen atoms in total. The largest absolute Gasteiger partial charge is 0.482 e. The van der Waals surface area contributed by atoms with E-state index >= 15 is 0 Å². The van der Waals surface area contributed by atoms with Crippen LogP contribution in [0.25, 0.3) is 0 Å². The summed E-state index contributed by atoms with van der Waals surface area (Å²) in [5.74, 6) is -0.143. The third-order valence-corrected chi connectivity index (χ3v) is 3.47. The van der Waals surface area contributed by atoms with Crippen molar-refractivity contribution in [2.24, 2.45) is 0 Å². The van der Waals surface area contributed by atoms with E-state index in [-0.39, 0.29) is 17.3 Å². The zero-order valence-corrected chi connectivity index (χ0v) is 13.5. The average molecular weight is 355 g/mol. The smallest absolute Gasteiger partial charge is 0.274 e. The molecule has 0 saturated carbocycles. The first-order chi connectivity index (χ1) is 10.9. The van der Waals surface area contributed by atoms with Gasteiger partial charge in [-0.2, -0.15) is 0 Å². The molecule has 0 atom stereocenters. The van der Waals surface area contributed by atoms with Crippen LogP contribution in [-0.4, -0.2) is 17.4 Å². The maximum Gasteiger partial charge on any atom is 0.274 e. The summed E-state index contributed by atoms with van der Waals surface area (Å²) in [6.07, 6.45) is 0. The molecular weight excluding hydrogens is 343 g/mol. The van der Waals surface area contributed by atoms with Gasteiger partial charge < -0.3 is 10.1 Å². The molecule has 0 saturated heterocycles. The van der Waals surface area contributed by atoms with Crippen LogP contribution in [0.15, 0.2) is 36.4 Å². The van der Waals surface area contributed by atoms with Crippen LogP contribution in [0.2, 0.25) is 10.0 Å². The fraction of sp³-hybridized carbons (Fsp3) is 0.133. The number of rotatable bonds is 5. The summed E-state index contributed by atoms with van der Waals surface area (Å²) >= 11 is 11.7. The third kappa shape index (κ3) is 4.58. The Kier molecular flexibility index (Phi) is 5.41. The standard InChI is InChI=1S/C15H12Cl2N2O4/c1-9-2-4-11(7-13(9)19(21)22)18-15(20)8-23-14-5-3-10(16)6-12(14)17/h2-7H,8H2,1H3,(H,18,20). The van der Waals surface area contributed by atoms with E-state index in [9.17, 15) is 14.9 Å². The predicted octanol–water partition coefficient (Wildman–Crippen LogP) is 4.23. The molecule has 0 heterocycles. The summed E-state index contributed by atoms with van der Waals surface area (Å²) in [5.41, 5.74) is 0.764. The van der Waals surface area contributed by atoms with Crippen molar-refractivity contribution >= 4 is 40.5 Å². The van der Waals surface area contributed by atoms with Crippen molar-refractivity contribution < 1.29 is 14.5 Å². The minimum atomic E-state index is -0.505. The lowest BCUT2D eigenvalue weighted by molar-refractivity contribution is -0.385. The van der Waals surface area contributed by atoms with Crippen molar-refractivity contribution in [1.29, 1.82) is 0 Å². The molecule has 2 aromatic carbocycles. The van der Waals surface area contributed by atoms with Gasteiger partial charge in [0.15, 0.2) is 6.61 Å². The van der Waals surface area contributed by atoms with Gasteiger partial charge in [0, 0.05) is 22.3 Å². The number of hydrogen-bond donors (Lipinski definition) is 1. The monoisotopic (exact) mass is 354 g/mol. The van der Waals surface area contributed by atoms with Gasteiger partial charge in [-0.05, 0) is 31.2 Å². The summed E-state index contributed by atoms with van der Waals surface area (Å²) < 4.78 is 5.29. The summed E-state index contributed by atoms with van der Waals surface area (Å²) in [7, 11) is 0. The molecule has 1 amide bonds. The fourth-order valence-electron chi connectivity index (χ4n) is 1.82. The van der Waals surface area contributed by atoms with Gasteiger partial charge in [0.05, 0.1) is 9.95 Å². The summed E-state index contributed by atoms with van der Waals surface area (Å²) in [4.78, 5) is 22.2. The van der Waals surface area contributed by atoms with E-state index in [1.54, 1.807) is 31.2 Å². The SMILES string of the molecule is Cc1ccc(NC(=O)COc2ccc(Cl)cc2Cl)cc1[N+](=O)[O-]. The van der Waals surface area contributed by atoms with Crippen LogP contribution < -0.4 is 10.1 Å². The van der Waals surface area contributed by atoms with Crippen LogP contribution >= 0.6 is 23.2 Å². The van der Waals surface area contributed by atoms with Crippen LogP contribution in [0, 0.1) is 17.0 Å². The van der Waals surface area contributed by atoms with Crippen LogP contribution in [0.5, 0.6) is 5.75 Å². The quantitative estimate of drug-likeness (QED) is 0.643. The number of hydrogen-bond acceptors (Lipinski definition) is 4. The number of carbonyl (C=O) groups is 1. The number of nitrogens with zero attached hydrogens (tertiary/aromatic N) is 1. The maximum absolute atomic E-state index is 11.9. The molecule has 0 fully saturated rings. The van der Waals surface area contributed by atoms with Crippen molar-refractivity contribution in [2.75, 3.05) is 11.9 Å². The number of amides is 1. The molecule has 1 N–H and O–H groups in total. The van der Waals surface area contributed by atoms with Crippen LogP contribution in [0.4, 0.5) is 11.4 Å². The normalized spacial score (nSPS) is 10.2. The number of aryl methyl sites for hydroxylation is 1. The highest BCUT2D eigenvalue weighted by Gasteiger charge is 2.13. The first-order valence-corrected chi connectivity index (χ1v) is 7.25. The zero-order valence-electron chi connectivity index (χ0n) is 12.0. The number of halogens is 2. The molecule has 0 aliphatic carbocycles. The number of anilines is 1. The zero-order chi connectivity index (χ0) is 17.0. The molecule has 0 aromatic heterocycles. The van der Waals surface area contributed by atoms with E-state index in [0.717, 1.165) is 0 Å². The summed E-state index contributed by atoms with van der Waals surface area (Å²) in [6, 6.07) is 9.07. The van der Waals surface area contributed by atoms with Crippen molar-refractivity contribution in [3.8, 4) is 5.75 Å². The van der Waals surface area contributed by atoms with Gasteiger partial charge >= 0.3 is 0 Å². The Morgan fingerprint density at radius 3 is 2.65 bits per heavy atom. The van der Waals surface area contributed by atoms with Crippen LogP contribution in [0.3, 0.4) is 0 Å². The van der Waals surface area contributed by atoms with Gasteiger partial charge in [-0.3, -0.25) is 14.9 Å². The fourth-order valence-corrected chi connectivity index (χ4v) is 2.28. The second-order valence-corrected chi connectivity index (χ2v) is 5.51. The number of benzene rings is 2. The van der Waals surface area contributed by atoms with Crippen LogP contribution in [-0.2, 0) is 4.79 Å². The van der Waals surface area contributed by atoms with Gasteiger partial charge in [0.25, 0.3) is 11.6 Å². The van der Waals surface area contributed by atoms with Gasteiger partial charge in [0.2, 0.25) is 0 Å². The Hall–Kier alpha value is -2.31. The first kappa shape index (κ1) is 17.1. The van der Waals surface area contributed by atoms with Crippen molar-refractivity contribution in [3.05, 3.63) is 62.1 Å². The molecule has 8 heteroatoms. The van der Waals surface area contributed by atoms with E-state index in [1.807, 2.05) is 0 Å². The highest BCUT2D eigenvalue weighted by molar-refractivity contribution is 6.35. The first-order valence-electron chi connectivity index (χ1n) is 6.49. The lowest BCUT2D eigenvalue weighted by Gasteiger charge is -2.09. The van der Waals surface area contributed by atoms with Gasteiger partial charge in [-0.15, -0.1) is 0 Å². The minimum absolute atomic E-state index is 0.0653. The highest BCUT2D eigenvalue weighted by Crippen LogP contribution is 2.27. The Labute approximate surface area is 142 Å². The van der Waals surface area contributed by atoms with Crippen molar-refractivity contribution in [2.45, 2.75) is 6.92 Å². The molecule has 2 aromatic rings. The molecule has 2 rings (SSSR count). The Bertz CT molecular complexity index is 765. The van der Waals surface area contributed by atoms with E-state index < -0.39 is 10.8 Å². The van der Waals surface area contributed by atoms with Crippen molar-refractivity contribution in [3.63, 3.8) is 0 Å². The predicted molar refractivity (Wildman–Crippen MR) is 88.4 cm³/mol. The van der Waals surface area contributed by atoms with Crippen molar-refractivity contribution in [1.82, 2.24) is 0 Å². The number of nitrogens with one attached hydrogen (secondary N) is 1. The van der Waals surface area contributed by atoms with Gasteiger partial charge in [0.1, 0.15) is 5.75 Å². The Morgan fingerprint density at radius 1 is 1.26 bits per heavy atom. The molecule has 0 bridgehead atoms. The van der Waals surface area contributed by atoms with E-state index in [4.69, 9.17) is 27.9 Å². The molecule has 0 aliphatic heterocycles. The van der Waals surface area contributed by atoms with E-state index in [1.165, 1.54) is 12.1 Å². The average Bonchev–Trinajstić information content (AvgIpc) is 2.48. The molecular formula is C15H12Cl2N2O4. The van der Waals surface area contributed by atoms with E-state index in [0.29, 0.717) is 22.0 Å². The summed E-state index contributed by atoms with van der Waals surface area (Å²) in [5, 5.41) is 14.2. The molecule has 0 unspecified atom stereocenters. The molecule has 0 radical (unpaired) electrons. The lowest BCUT2D eigenvalue weighted by Crippen LogP contribution is -2.20. The third-order valence-electron chi connectivity index (χ3n) is 2.94. The summed E-state index contributed by atoms with van der Waals surface area (Å²) in [6.45, 7) is 1.33. The number of nitro benzene ring substituents is 1. The highest BCUT2D eigenvalue weighted by atomic mass is 35.5. The lowest BCUT2D eigenvalue weighted by atomic mass is 10.2.